The summed E-state index contributed by atoms with van der Waals surface area (Å²) in [7, 11) is 0. The van der Waals surface area contributed by atoms with E-state index in [-0.39, 0.29) is 11.4 Å². The third-order valence-electron chi connectivity index (χ3n) is 4.01. The van der Waals surface area contributed by atoms with Gasteiger partial charge in [-0.25, -0.2) is 0 Å². The Morgan fingerprint density at radius 3 is 3.00 bits per heavy atom. The highest BCUT2D eigenvalue weighted by Crippen LogP contribution is 2.33. The first kappa shape index (κ1) is 13.9. The molecule has 6 nitrogen and oxygen atoms in total. The molecule has 0 saturated carbocycles. The number of hydrogen-bond donors (Lipinski definition) is 1. The highest BCUT2D eigenvalue weighted by Gasteiger charge is 2.40. The second-order valence-electron chi connectivity index (χ2n) is 5.19. The van der Waals surface area contributed by atoms with Crippen LogP contribution in [0, 0.1) is 0 Å². The lowest BCUT2D eigenvalue weighted by molar-refractivity contribution is -0.0129. The average molecular weight is 297 g/mol. The molecule has 2 aliphatic rings. The molecule has 2 fully saturated rings. The second kappa shape index (κ2) is 6.15. The molecule has 2 aliphatic heterocycles. The fourth-order valence-electron chi connectivity index (χ4n) is 2.80. The molecule has 0 aliphatic carbocycles. The number of ether oxygens (including phenoxy) is 1. The Morgan fingerprint density at radius 2 is 2.35 bits per heavy atom. The van der Waals surface area contributed by atoms with Crippen LogP contribution in [0.5, 0.6) is 0 Å². The molecule has 2 saturated heterocycles. The lowest BCUT2D eigenvalue weighted by atomic mass is 9.95. The van der Waals surface area contributed by atoms with Gasteiger partial charge in [0.2, 0.25) is 0 Å². The van der Waals surface area contributed by atoms with Gasteiger partial charge in [0.05, 0.1) is 13.2 Å². The van der Waals surface area contributed by atoms with Crippen LogP contribution in [0.25, 0.3) is 0 Å². The predicted octanol–water partition coefficient (Wildman–Crippen LogP) is 0.612. The van der Waals surface area contributed by atoms with Gasteiger partial charge in [0, 0.05) is 37.0 Å². The third kappa shape index (κ3) is 2.84. The van der Waals surface area contributed by atoms with Crippen LogP contribution in [-0.2, 0) is 4.74 Å². The number of morpholine rings is 1. The van der Waals surface area contributed by atoms with E-state index >= 15 is 0 Å². The molecule has 0 bridgehead atoms. The standard InChI is InChI=1S/C13H19N3O3S/c17-12(11-1-5-19-15-11)14-9-13(2-8-20-10-13)16-3-6-18-7-4-16/h1,5H,2-4,6-10H2,(H,14,17). The molecular weight excluding hydrogens is 278 g/mol. The summed E-state index contributed by atoms with van der Waals surface area (Å²) in [5.41, 5.74) is 0.404. The summed E-state index contributed by atoms with van der Waals surface area (Å²) < 4.78 is 10.1. The summed E-state index contributed by atoms with van der Waals surface area (Å²) in [6, 6.07) is 1.58. The predicted molar refractivity (Wildman–Crippen MR) is 75.9 cm³/mol. The molecule has 1 amide bonds. The van der Waals surface area contributed by atoms with Gasteiger partial charge >= 0.3 is 0 Å². The number of carbonyl (C=O) groups is 1. The van der Waals surface area contributed by atoms with Crippen LogP contribution < -0.4 is 5.32 Å². The van der Waals surface area contributed by atoms with Gasteiger partial charge in [-0.05, 0) is 12.2 Å². The van der Waals surface area contributed by atoms with Crippen molar-refractivity contribution in [1.29, 1.82) is 0 Å². The zero-order chi connectivity index (χ0) is 13.8. The van der Waals surface area contributed by atoms with E-state index in [1.807, 2.05) is 11.8 Å². The maximum Gasteiger partial charge on any atom is 0.273 e. The van der Waals surface area contributed by atoms with E-state index in [1.165, 1.54) is 6.26 Å². The molecule has 3 rings (SSSR count). The minimum atomic E-state index is -0.164. The van der Waals surface area contributed by atoms with E-state index < -0.39 is 0 Å². The van der Waals surface area contributed by atoms with Gasteiger partial charge in [0.25, 0.3) is 5.91 Å². The Labute approximate surface area is 122 Å². The van der Waals surface area contributed by atoms with E-state index in [4.69, 9.17) is 9.26 Å². The van der Waals surface area contributed by atoms with E-state index in [0.29, 0.717) is 12.2 Å². The van der Waals surface area contributed by atoms with Gasteiger partial charge < -0.3 is 14.6 Å². The van der Waals surface area contributed by atoms with Crippen molar-refractivity contribution in [1.82, 2.24) is 15.4 Å². The average Bonchev–Trinajstić information content (AvgIpc) is 3.18. The summed E-state index contributed by atoms with van der Waals surface area (Å²) in [4.78, 5) is 14.5. The first-order valence-corrected chi connectivity index (χ1v) is 8.05. The van der Waals surface area contributed by atoms with Crippen molar-refractivity contribution in [2.24, 2.45) is 0 Å². The summed E-state index contributed by atoms with van der Waals surface area (Å²) in [5.74, 6) is 2.05. The molecule has 1 aromatic rings. The van der Waals surface area contributed by atoms with Crippen LogP contribution >= 0.6 is 11.8 Å². The number of nitrogens with one attached hydrogen (secondary N) is 1. The van der Waals surface area contributed by atoms with Gasteiger partial charge in [-0.1, -0.05) is 5.16 Å². The molecule has 110 valence electrons. The van der Waals surface area contributed by atoms with E-state index in [1.54, 1.807) is 6.07 Å². The molecule has 1 unspecified atom stereocenters. The van der Waals surface area contributed by atoms with Crippen LogP contribution in [-0.4, -0.2) is 65.9 Å². The summed E-state index contributed by atoms with van der Waals surface area (Å²) in [6.45, 7) is 4.11. The zero-order valence-corrected chi connectivity index (χ0v) is 12.2. The number of rotatable bonds is 4. The van der Waals surface area contributed by atoms with Crippen molar-refractivity contribution in [3.05, 3.63) is 18.0 Å². The van der Waals surface area contributed by atoms with Crippen molar-refractivity contribution in [2.45, 2.75) is 12.0 Å². The molecule has 7 heteroatoms. The topological polar surface area (TPSA) is 67.6 Å². The van der Waals surface area contributed by atoms with Crippen molar-refractivity contribution in [3.63, 3.8) is 0 Å². The minimum absolute atomic E-state index is 0.0633. The zero-order valence-electron chi connectivity index (χ0n) is 11.3. The van der Waals surface area contributed by atoms with Crippen molar-refractivity contribution in [2.75, 3.05) is 44.4 Å². The fourth-order valence-corrected chi connectivity index (χ4v) is 4.28. The monoisotopic (exact) mass is 297 g/mol. The number of nitrogens with zero attached hydrogens (tertiary/aromatic N) is 2. The maximum atomic E-state index is 12.0. The van der Waals surface area contributed by atoms with Crippen molar-refractivity contribution in [3.8, 4) is 0 Å². The number of aromatic nitrogens is 1. The van der Waals surface area contributed by atoms with Gasteiger partial charge in [-0.2, -0.15) is 11.8 Å². The lowest BCUT2D eigenvalue weighted by Gasteiger charge is -2.42. The van der Waals surface area contributed by atoms with Crippen LogP contribution in [0.3, 0.4) is 0 Å². The lowest BCUT2D eigenvalue weighted by Crippen LogP contribution is -2.59. The van der Waals surface area contributed by atoms with E-state index in [0.717, 1.165) is 44.2 Å². The third-order valence-corrected chi connectivity index (χ3v) is 5.25. The maximum absolute atomic E-state index is 12.0. The minimum Gasteiger partial charge on any atom is -0.379 e. The van der Waals surface area contributed by atoms with Gasteiger partial charge in [0.1, 0.15) is 6.26 Å². The summed E-state index contributed by atoms with van der Waals surface area (Å²) >= 11 is 1.96. The molecular formula is C13H19N3O3S. The molecule has 1 atom stereocenters. The number of thioether (sulfide) groups is 1. The first-order chi connectivity index (χ1) is 9.80. The van der Waals surface area contributed by atoms with Gasteiger partial charge in [-0.15, -0.1) is 0 Å². The van der Waals surface area contributed by atoms with Crippen LogP contribution in [0.15, 0.2) is 16.9 Å². The Morgan fingerprint density at radius 1 is 1.50 bits per heavy atom. The van der Waals surface area contributed by atoms with E-state index in [2.05, 4.69) is 15.4 Å². The Bertz CT molecular complexity index is 440. The molecule has 3 heterocycles. The molecule has 0 aromatic carbocycles. The number of hydrogen-bond acceptors (Lipinski definition) is 6. The molecule has 20 heavy (non-hydrogen) atoms. The molecule has 1 N–H and O–H groups in total. The van der Waals surface area contributed by atoms with Crippen LogP contribution in [0.1, 0.15) is 16.9 Å². The second-order valence-corrected chi connectivity index (χ2v) is 6.30. The Balaban J connectivity index is 1.63. The smallest absolute Gasteiger partial charge is 0.273 e. The molecule has 0 spiro atoms. The fraction of sp³-hybridized carbons (Fsp3) is 0.692. The van der Waals surface area contributed by atoms with E-state index in [9.17, 15) is 4.79 Å². The number of carbonyl (C=O) groups excluding carboxylic acids is 1. The van der Waals surface area contributed by atoms with Crippen molar-refractivity contribution >= 4 is 17.7 Å². The highest BCUT2D eigenvalue weighted by atomic mass is 32.2. The largest absolute Gasteiger partial charge is 0.379 e. The number of amides is 1. The SMILES string of the molecule is O=C(NCC1(N2CCOCC2)CCSC1)c1ccon1. The molecule has 0 radical (unpaired) electrons. The Kier molecular flexibility index (Phi) is 4.28. The van der Waals surface area contributed by atoms with Crippen molar-refractivity contribution < 1.29 is 14.1 Å². The van der Waals surface area contributed by atoms with Gasteiger partial charge in [0.15, 0.2) is 5.69 Å². The summed E-state index contributed by atoms with van der Waals surface area (Å²) in [6.07, 6.45) is 2.52. The summed E-state index contributed by atoms with van der Waals surface area (Å²) in [5, 5.41) is 6.68. The Hall–Kier alpha value is -1.05. The first-order valence-electron chi connectivity index (χ1n) is 6.89. The van der Waals surface area contributed by atoms with Crippen LogP contribution in [0.2, 0.25) is 0 Å². The van der Waals surface area contributed by atoms with Crippen LogP contribution in [0.4, 0.5) is 0 Å². The quantitative estimate of drug-likeness (QED) is 0.878. The van der Waals surface area contributed by atoms with Gasteiger partial charge in [-0.3, -0.25) is 9.69 Å². The highest BCUT2D eigenvalue weighted by molar-refractivity contribution is 7.99. The normalized spacial score (nSPS) is 27.6. The molecule has 1 aromatic heterocycles.